The Hall–Kier alpha value is -0.120. The summed E-state index contributed by atoms with van der Waals surface area (Å²) in [6.45, 7) is 6.10. The average molecular weight is 187 g/mol. The molecule has 0 radical (unpaired) electrons. The Balaban J connectivity index is 2.41. The molecule has 3 unspecified atom stereocenters. The van der Waals surface area contributed by atoms with Gasteiger partial charge < -0.3 is 10.2 Å². The summed E-state index contributed by atoms with van der Waals surface area (Å²) in [5.41, 5.74) is 0. The fourth-order valence-electron chi connectivity index (χ4n) is 2.01. The molecular weight excluding hydrogens is 166 g/mol. The van der Waals surface area contributed by atoms with Crippen LogP contribution in [0.3, 0.4) is 0 Å². The molecule has 1 heterocycles. The molecule has 0 aliphatic carbocycles. The second kappa shape index (κ2) is 4.94. The third-order valence-electron chi connectivity index (χ3n) is 3.10. The molecular formula is C10H21NO2. The highest BCUT2D eigenvalue weighted by molar-refractivity contribution is 4.85. The van der Waals surface area contributed by atoms with Gasteiger partial charge in [-0.05, 0) is 25.3 Å². The van der Waals surface area contributed by atoms with Gasteiger partial charge in [-0.25, -0.2) is 0 Å². The topological polar surface area (TPSA) is 43.7 Å². The summed E-state index contributed by atoms with van der Waals surface area (Å²) in [6, 6.07) is 0.265. The molecule has 0 saturated carbocycles. The summed E-state index contributed by atoms with van der Waals surface area (Å²) in [4.78, 5) is 2.21. The standard InChI is InChI=1S/C10H21NO2/c1-3-9(13)6-11-5-4-8(2)10(11)7-12/h8-10,12-13H,3-7H2,1-2H3. The van der Waals surface area contributed by atoms with Crippen molar-refractivity contribution in [1.82, 2.24) is 4.90 Å². The first-order valence-corrected chi connectivity index (χ1v) is 5.22. The summed E-state index contributed by atoms with van der Waals surface area (Å²) >= 11 is 0. The second-order valence-electron chi connectivity index (χ2n) is 4.07. The number of rotatable bonds is 4. The SMILES string of the molecule is CCC(O)CN1CCC(C)C1CO. The maximum atomic E-state index is 9.49. The van der Waals surface area contributed by atoms with E-state index < -0.39 is 0 Å². The van der Waals surface area contributed by atoms with Gasteiger partial charge in [-0.2, -0.15) is 0 Å². The van der Waals surface area contributed by atoms with Crippen LogP contribution in [0.25, 0.3) is 0 Å². The molecule has 0 aromatic rings. The zero-order valence-electron chi connectivity index (χ0n) is 8.61. The van der Waals surface area contributed by atoms with Crippen molar-refractivity contribution in [2.75, 3.05) is 19.7 Å². The van der Waals surface area contributed by atoms with Crippen molar-refractivity contribution >= 4 is 0 Å². The molecule has 1 fully saturated rings. The number of β-amino-alcohol motifs (C(OH)–C–C–N with tert-alkyl or cyclic N) is 1. The van der Waals surface area contributed by atoms with Gasteiger partial charge >= 0.3 is 0 Å². The van der Waals surface area contributed by atoms with Gasteiger partial charge in [-0.1, -0.05) is 13.8 Å². The number of hydrogen-bond donors (Lipinski definition) is 2. The zero-order chi connectivity index (χ0) is 9.84. The lowest BCUT2D eigenvalue weighted by atomic mass is 10.0. The molecule has 3 heteroatoms. The third-order valence-corrected chi connectivity index (χ3v) is 3.10. The van der Waals surface area contributed by atoms with Crippen LogP contribution in [0.5, 0.6) is 0 Å². The van der Waals surface area contributed by atoms with E-state index >= 15 is 0 Å². The van der Waals surface area contributed by atoms with Crippen molar-refractivity contribution < 1.29 is 10.2 Å². The molecule has 13 heavy (non-hydrogen) atoms. The lowest BCUT2D eigenvalue weighted by molar-refractivity contribution is 0.0747. The van der Waals surface area contributed by atoms with Crippen molar-refractivity contribution in [2.45, 2.75) is 38.8 Å². The van der Waals surface area contributed by atoms with E-state index in [0.29, 0.717) is 12.5 Å². The Morgan fingerprint density at radius 2 is 2.23 bits per heavy atom. The molecule has 1 aliphatic heterocycles. The van der Waals surface area contributed by atoms with E-state index in [1.165, 1.54) is 0 Å². The fourth-order valence-corrected chi connectivity index (χ4v) is 2.01. The minimum atomic E-state index is -0.237. The Bertz CT molecular complexity index is 152. The Morgan fingerprint density at radius 1 is 1.54 bits per heavy atom. The van der Waals surface area contributed by atoms with Gasteiger partial charge in [0.05, 0.1) is 12.7 Å². The van der Waals surface area contributed by atoms with Gasteiger partial charge in [0.25, 0.3) is 0 Å². The number of likely N-dealkylation sites (tertiary alicyclic amines) is 1. The summed E-state index contributed by atoms with van der Waals surface area (Å²) in [5, 5.41) is 18.7. The molecule has 0 aromatic carbocycles. The molecule has 0 amide bonds. The Kier molecular flexibility index (Phi) is 4.16. The van der Waals surface area contributed by atoms with Gasteiger partial charge in [0.2, 0.25) is 0 Å². The molecule has 1 saturated heterocycles. The smallest absolute Gasteiger partial charge is 0.0664 e. The van der Waals surface area contributed by atoms with Crippen LogP contribution in [-0.4, -0.2) is 47.0 Å². The average Bonchev–Trinajstić information content (AvgIpc) is 2.46. The molecule has 78 valence electrons. The normalized spacial score (nSPS) is 32.3. The largest absolute Gasteiger partial charge is 0.395 e. The molecule has 0 spiro atoms. The third kappa shape index (κ3) is 2.66. The maximum absolute atomic E-state index is 9.49. The minimum Gasteiger partial charge on any atom is -0.395 e. The van der Waals surface area contributed by atoms with Gasteiger partial charge in [-0.3, -0.25) is 4.90 Å². The molecule has 0 bridgehead atoms. The predicted octanol–water partition coefficient (Wildman–Crippen LogP) is 0.460. The van der Waals surface area contributed by atoms with Gasteiger partial charge in [0.15, 0.2) is 0 Å². The summed E-state index contributed by atoms with van der Waals surface area (Å²) in [7, 11) is 0. The van der Waals surface area contributed by atoms with Crippen LogP contribution < -0.4 is 0 Å². The van der Waals surface area contributed by atoms with Crippen LogP contribution in [0.1, 0.15) is 26.7 Å². The van der Waals surface area contributed by atoms with Crippen LogP contribution in [0, 0.1) is 5.92 Å². The van der Waals surface area contributed by atoms with Crippen LogP contribution in [0.15, 0.2) is 0 Å². The fraction of sp³-hybridized carbons (Fsp3) is 1.00. The van der Waals surface area contributed by atoms with Gasteiger partial charge in [-0.15, -0.1) is 0 Å². The van der Waals surface area contributed by atoms with Crippen molar-refractivity contribution in [1.29, 1.82) is 0 Å². The monoisotopic (exact) mass is 187 g/mol. The molecule has 0 aromatic heterocycles. The highest BCUT2D eigenvalue weighted by Gasteiger charge is 2.30. The number of hydrogen-bond acceptors (Lipinski definition) is 3. The van der Waals surface area contributed by atoms with Crippen LogP contribution in [0.2, 0.25) is 0 Å². The molecule has 2 N–H and O–H groups in total. The van der Waals surface area contributed by atoms with Gasteiger partial charge in [0, 0.05) is 12.6 Å². The van der Waals surface area contributed by atoms with Crippen molar-refractivity contribution in [3.8, 4) is 0 Å². The van der Waals surface area contributed by atoms with E-state index in [1.807, 2.05) is 6.92 Å². The second-order valence-corrected chi connectivity index (χ2v) is 4.07. The van der Waals surface area contributed by atoms with Gasteiger partial charge in [0.1, 0.15) is 0 Å². The van der Waals surface area contributed by atoms with Crippen LogP contribution in [0.4, 0.5) is 0 Å². The summed E-state index contributed by atoms with van der Waals surface area (Å²) in [5.74, 6) is 0.564. The number of aliphatic hydroxyl groups is 2. The Morgan fingerprint density at radius 3 is 2.77 bits per heavy atom. The van der Waals surface area contributed by atoms with Crippen molar-refractivity contribution in [3.63, 3.8) is 0 Å². The highest BCUT2D eigenvalue weighted by atomic mass is 16.3. The lowest BCUT2D eigenvalue weighted by Crippen LogP contribution is -2.39. The van der Waals surface area contributed by atoms with E-state index in [4.69, 9.17) is 5.11 Å². The zero-order valence-corrected chi connectivity index (χ0v) is 8.61. The molecule has 3 atom stereocenters. The molecule has 3 nitrogen and oxygen atoms in total. The summed E-state index contributed by atoms with van der Waals surface area (Å²) in [6.07, 6.45) is 1.70. The van der Waals surface area contributed by atoms with E-state index in [9.17, 15) is 5.11 Å². The Labute approximate surface area is 80.4 Å². The van der Waals surface area contributed by atoms with E-state index in [1.54, 1.807) is 0 Å². The van der Waals surface area contributed by atoms with E-state index in [2.05, 4.69) is 11.8 Å². The van der Waals surface area contributed by atoms with Crippen molar-refractivity contribution in [3.05, 3.63) is 0 Å². The lowest BCUT2D eigenvalue weighted by Gasteiger charge is -2.26. The first kappa shape index (κ1) is 11.0. The predicted molar refractivity (Wildman–Crippen MR) is 52.5 cm³/mol. The van der Waals surface area contributed by atoms with Crippen molar-refractivity contribution in [2.24, 2.45) is 5.92 Å². The van der Waals surface area contributed by atoms with Crippen LogP contribution >= 0.6 is 0 Å². The minimum absolute atomic E-state index is 0.220. The number of aliphatic hydroxyl groups excluding tert-OH is 2. The maximum Gasteiger partial charge on any atom is 0.0664 e. The molecule has 1 aliphatic rings. The molecule has 1 rings (SSSR count). The van der Waals surface area contributed by atoms with Crippen LogP contribution in [-0.2, 0) is 0 Å². The quantitative estimate of drug-likeness (QED) is 0.672. The highest BCUT2D eigenvalue weighted by Crippen LogP contribution is 2.23. The van der Waals surface area contributed by atoms with E-state index in [-0.39, 0.29) is 18.8 Å². The van der Waals surface area contributed by atoms with E-state index in [0.717, 1.165) is 19.4 Å². The number of nitrogens with zero attached hydrogens (tertiary/aromatic N) is 1. The first-order chi connectivity index (χ1) is 6.19. The summed E-state index contributed by atoms with van der Waals surface area (Å²) < 4.78 is 0. The first-order valence-electron chi connectivity index (χ1n) is 5.22.